The lowest BCUT2D eigenvalue weighted by Crippen LogP contribution is -2.16. The Balaban J connectivity index is 1.61. The molecule has 0 radical (unpaired) electrons. The number of non-ortho nitro benzene ring substituents is 1. The summed E-state index contributed by atoms with van der Waals surface area (Å²) >= 11 is 0. The maximum atomic E-state index is 12.9. The molecule has 0 saturated heterocycles. The van der Waals surface area contributed by atoms with E-state index in [9.17, 15) is 14.9 Å². The molecule has 162 valence electrons. The minimum absolute atomic E-state index is 0.0232. The highest BCUT2D eigenvalue weighted by Gasteiger charge is 2.23. The molecule has 0 aliphatic carbocycles. The first-order valence-electron chi connectivity index (χ1n) is 9.71. The minimum atomic E-state index is -0.475. The van der Waals surface area contributed by atoms with Crippen molar-refractivity contribution in [3.63, 3.8) is 0 Å². The average Bonchev–Trinajstić information content (AvgIpc) is 3.42. The predicted octanol–water partition coefficient (Wildman–Crippen LogP) is 3.31. The van der Waals surface area contributed by atoms with Gasteiger partial charge in [-0.15, -0.1) is 0 Å². The van der Waals surface area contributed by atoms with Gasteiger partial charge in [-0.05, 0) is 18.2 Å². The van der Waals surface area contributed by atoms with Gasteiger partial charge in [0.25, 0.3) is 17.5 Å². The molecular formula is C21H20N8O3. The summed E-state index contributed by atoms with van der Waals surface area (Å²) in [6.07, 6.45) is 6.16. The Kier molecular flexibility index (Phi) is 5.23. The zero-order valence-corrected chi connectivity index (χ0v) is 17.6. The van der Waals surface area contributed by atoms with Gasteiger partial charge >= 0.3 is 0 Å². The zero-order valence-electron chi connectivity index (χ0n) is 17.6. The number of nitro benzene ring substituents is 1. The maximum Gasteiger partial charge on any atom is 0.269 e. The van der Waals surface area contributed by atoms with E-state index in [0.717, 1.165) is 5.69 Å². The standard InChI is InChI=1S/C21H20N8O3/c1-21(2,3)17-11-18(28(26-17)20-22-9-4-10-23-20)25-19(30)14-12-24-27(13-14)15-5-7-16(8-6-15)29(31)32/h4-13H,1-3H3,(H,25,30). The van der Waals surface area contributed by atoms with Crippen LogP contribution in [0.25, 0.3) is 11.6 Å². The molecule has 0 atom stereocenters. The lowest BCUT2D eigenvalue weighted by atomic mass is 9.92. The lowest BCUT2D eigenvalue weighted by molar-refractivity contribution is -0.384. The molecule has 32 heavy (non-hydrogen) atoms. The van der Waals surface area contributed by atoms with Crippen LogP contribution in [0.2, 0.25) is 0 Å². The van der Waals surface area contributed by atoms with E-state index in [2.05, 4.69) is 25.5 Å². The van der Waals surface area contributed by atoms with Gasteiger partial charge in [0.1, 0.15) is 5.82 Å². The largest absolute Gasteiger partial charge is 0.306 e. The van der Waals surface area contributed by atoms with Gasteiger partial charge in [-0.25, -0.2) is 14.6 Å². The number of nitrogens with one attached hydrogen (secondary N) is 1. The van der Waals surface area contributed by atoms with Gasteiger partial charge < -0.3 is 5.32 Å². The van der Waals surface area contributed by atoms with Crippen LogP contribution in [0.5, 0.6) is 0 Å². The molecule has 0 saturated carbocycles. The molecule has 4 rings (SSSR count). The molecule has 0 fully saturated rings. The van der Waals surface area contributed by atoms with Crippen molar-refractivity contribution in [2.45, 2.75) is 26.2 Å². The number of benzene rings is 1. The fraction of sp³-hybridized carbons (Fsp3) is 0.190. The van der Waals surface area contributed by atoms with Crippen molar-refractivity contribution in [1.82, 2.24) is 29.5 Å². The number of carbonyl (C=O) groups is 1. The summed E-state index contributed by atoms with van der Waals surface area (Å²) in [7, 11) is 0. The maximum absolute atomic E-state index is 12.9. The summed E-state index contributed by atoms with van der Waals surface area (Å²) in [5.41, 5.74) is 1.39. The van der Waals surface area contributed by atoms with Crippen molar-refractivity contribution >= 4 is 17.4 Å². The molecule has 3 heterocycles. The fourth-order valence-corrected chi connectivity index (χ4v) is 2.89. The third-order valence-electron chi connectivity index (χ3n) is 4.63. The highest BCUT2D eigenvalue weighted by Crippen LogP contribution is 2.25. The molecule has 0 aliphatic rings. The van der Waals surface area contributed by atoms with Crippen LogP contribution >= 0.6 is 0 Å². The van der Waals surface area contributed by atoms with E-state index in [4.69, 9.17) is 0 Å². The van der Waals surface area contributed by atoms with Crippen LogP contribution in [-0.4, -0.2) is 40.4 Å². The number of hydrogen-bond donors (Lipinski definition) is 1. The summed E-state index contributed by atoms with van der Waals surface area (Å²) in [5.74, 6) is 0.366. The SMILES string of the molecule is CC(C)(C)c1cc(NC(=O)c2cnn(-c3ccc([N+](=O)[O-])cc3)c2)n(-c2ncccn2)n1. The van der Waals surface area contributed by atoms with Gasteiger partial charge in [0.15, 0.2) is 0 Å². The van der Waals surface area contributed by atoms with Crippen molar-refractivity contribution in [3.8, 4) is 11.6 Å². The minimum Gasteiger partial charge on any atom is -0.306 e. The molecule has 0 spiro atoms. The van der Waals surface area contributed by atoms with E-state index in [1.54, 1.807) is 42.9 Å². The zero-order chi connectivity index (χ0) is 22.9. The number of nitrogens with zero attached hydrogens (tertiary/aromatic N) is 7. The van der Waals surface area contributed by atoms with Crippen LogP contribution in [0.3, 0.4) is 0 Å². The smallest absolute Gasteiger partial charge is 0.269 e. The second-order valence-corrected chi connectivity index (χ2v) is 8.03. The van der Waals surface area contributed by atoms with E-state index in [1.807, 2.05) is 20.8 Å². The van der Waals surface area contributed by atoms with Gasteiger partial charge in [0.05, 0.1) is 28.1 Å². The van der Waals surface area contributed by atoms with Crippen molar-refractivity contribution in [2.24, 2.45) is 0 Å². The van der Waals surface area contributed by atoms with Crippen LogP contribution in [0.4, 0.5) is 11.5 Å². The van der Waals surface area contributed by atoms with Gasteiger partial charge in [-0.2, -0.15) is 14.9 Å². The van der Waals surface area contributed by atoms with Crippen LogP contribution < -0.4 is 5.32 Å². The van der Waals surface area contributed by atoms with Gasteiger partial charge in [-0.1, -0.05) is 20.8 Å². The predicted molar refractivity (Wildman–Crippen MR) is 116 cm³/mol. The first-order valence-corrected chi connectivity index (χ1v) is 9.71. The quantitative estimate of drug-likeness (QED) is 0.378. The second-order valence-electron chi connectivity index (χ2n) is 8.03. The van der Waals surface area contributed by atoms with E-state index < -0.39 is 10.8 Å². The molecule has 4 aromatic rings. The molecule has 1 N–H and O–H groups in total. The lowest BCUT2D eigenvalue weighted by Gasteiger charge is -2.13. The number of aromatic nitrogens is 6. The van der Waals surface area contributed by atoms with Gasteiger partial charge in [0.2, 0.25) is 0 Å². The van der Waals surface area contributed by atoms with Crippen molar-refractivity contribution in [1.29, 1.82) is 0 Å². The van der Waals surface area contributed by atoms with Crippen LogP contribution in [-0.2, 0) is 5.41 Å². The fourth-order valence-electron chi connectivity index (χ4n) is 2.89. The van der Waals surface area contributed by atoms with Gasteiger partial charge in [-0.3, -0.25) is 14.9 Å². The summed E-state index contributed by atoms with van der Waals surface area (Å²) in [6.45, 7) is 6.06. The van der Waals surface area contributed by atoms with Crippen LogP contribution in [0.1, 0.15) is 36.8 Å². The van der Waals surface area contributed by atoms with E-state index in [1.165, 1.54) is 27.7 Å². The highest BCUT2D eigenvalue weighted by molar-refractivity contribution is 6.03. The first kappa shape index (κ1) is 20.8. The van der Waals surface area contributed by atoms with Crippen LogP contribution in [0, 0.1) is 10.1 Å². The first-order chi connectivity index (χ1) is 15.2. The summed E-state index contributed by atoms with van der Waals surface area (Å²) < 4.78 is 2.95. The monoisotopic (exact) mass is 432 g/mol. The molecular weight excluding hydrogens is 412 g/mol. The number of amides is 1. The molecule has 11 nitrogen and oxygen atoms in total. The number of nitro groups is 1. The Morgan fingerprint density at radius 2 is 1.81 bits per heavy atom. The van der Waals surface area contributed by atoms with E-state index >= 15 is 0 Å². The molecule has 3 aromatic heterocycles. The molecule has 1 aromatic carbocycles. The second kappa shape index (κ2) is 8.02. The normalized spacial score (nSPS) is 11.3. The summed E-state index contributed by atoms with van der Waals surface area (Å²) in [4.78, 5) is 31.7. The molecule has 1 amide bonds. The third kappa shape index (κ3) is 4.21. The molecule has 11 heteroatoms. The average molecular weight is 432 g/mol. The number of carbonyl (C=O) groups excluding carboxylic acids is 1. The number of hydrogen-bond acceptors (Lipinski definition) is 7. The molecule has 0 unspecified atom stereocenters. The van der Waals surface area contributed by atoms with Crippen molar-refractivity contribution in [2.75, 3.05) is 5.32 Å². The molecule has 0 aliphatic heterocycles. The van der Waals surface area contributed by atoms with Crippen LogP contribution in [0.15, 0.2) is 61.2 Å². The Morgan fingerprint density at radius 3 is 2.44 bits per heavy atom. The summed E-state index contributed by atoms with van der Waals surface area (Å²) in [6, 6.07) is 9.36. The summed E-state index contributed by atoms with van der Waals surface area (Å²) in [5, 5.41) is 22.4. The highest BCUT2D eigenvalue weighted by atomic mass is 16.6. The van der Waals surface area contributed by atoms with E-state index in [0.29, 0.717) is 23.0 Å². The Labute approximate surface area is 182 Å². The topological polar surface area (TPSA) is 134 Å². The van der Waals surface area contributed by atoms with Gasteiger partial charge in [0, 0.05) is 42.2 Å². The number of rotatable bonds is 5. The Bertz CT molecular complexity index is 1270. The van der Waals surface area contributed by atoms with Crippen molar-refractivity contribution in [3.05, 3.63) is 82.6 Å². The Hall–Kier alpha value is -4.41. The van der Waals surface area contributed by atoms with E-state index in [-0.39, 0.29) is 11.1 Å². The number of anilines is 1. The third-order valence-corrected chi connectivity index (χ3v) is 4.63. The molecule has 0 bridgehead atoms. The Morgan fingerprint density at radius 1 is 1.12 bits per heavy atom. The van der Waals surface area contributed by atoms with Crippen molar-refractivity contribution < 1.29 is 9.72 Å².